The largest absolute Gasteiger partial charge is 0.493 e. The first-order valence-corrected chi connectivity index (χ1v) is 10.2. The summed E-state index contributed by atoms with van der Waals surface area (Å²) in [6.45, 7) is 0. The van der Waals surface area contributed by atoms with Gasteiger partial charge in [0.25, 0.3) is 0 Å². The lowest BCUT2D eigenvalue weighted by molar-refractivity contribution is -0.137. The van der Waals surface area contributed by atoms with Crippen molar-refractivity contribution in [2.75, 3.05) is 0 Å². The number of pyridine rings is 2. The summed E-state index contributed by atoms with van der Waals surface area (Å²) in [5, 5.41) is 15.4. The standard InChI is InChI=1S/C23H16F4N6O/c24-15-7-3-13(4-8-15)5-9-16-19(17-10-6-14(12-29-17)23(25,26)27)32-33(21(16)34)22-30-18-2-1-11-28-20(18)31-22/h1-4,6-8,10-12,34H,5,9H2,(H,28,30,31). The number of aromatic nitrogens is 6. The van der Waals surface area contributed by atoms with Crippen molar-refractivity contribution in [3.63, 3.8) is 0 Å². The molecule has 0 atom stereocenters. The van der Waals surface area contributed by atoms with Gasteiger partial charge >= 0.3 is 6.18 Å². The Morgan fingerprint density at radius 2 is 1.76 bits per heavy atom. The molecule has 0 radical (unpaired) electrons. The molecule has 0 saturated carbocycles. The third-order valence-corrected chi connectivity index (χ3v) is 5.31. The maximum absolute atomic E-state index is 13.2. The van der Waals surface area contributed by atoms with Crippen LogP contribution in [0.25, 0.3) is 28.5 Å². The van der Waals surface area contributed by atoms with Crippen molar-refractivity contribution in [2.24, 2.45) is 0 Å². The third kappa shape index (κ3) is 4.07. The molecule has 4 heterocycles. The van der Waals surface area contributed by atoms with Gasteiger partial charge < -0.3 is 10.1 Å². The highest BCUT2D eigenvalue weighted by Gasteiger charge is 2.31. The van der Waals surface area contributed by atoms with Crippen molar-refractivity contribution in [3.05, 3.63) is 83.4 Å². The molecular weight excluding hydrogens is 452 g/mol. The first kappa shape index (κ1) is 21.6. The van der Waals surface area contributed by atoms with Gasteiger partial charge in [-0.15, -0.1) is 0 Å². The molecule has 4 aromatic heterocycles. The maximum atomic E-state index is 13.2. The quantitative estimate of drug-likeness (QED) is 0.360. The molecule has 0 spiro atoms. The smallest absolute Gasteiger partial charge is 0.417 e. The Morgan fingerprint density at radius 1 is 0.971 bits per heavy atom. The highest BCUT2D eigenvalue weighted by Crippen LogP contribution is 2.34. The highest BCUT2D eigenvalue weighted by molar-refractivity contribution is 5.72. The van der Waals surface area contributed by atoms with Gasteiger partial charge in [-0.25, -0.2) is 14.4 Å². The van der Waals surface area contributed by atoms with Crippen LogP contribution < -0.4 is 0 Å². The number of halogens is 4. The molecule has 0 fully saturated rings. The SMILES string of the molecule is Oc1c(CCc2ccc(F)cc2)c(-c2ccc(C(F)(F)F)cn2)nn1-c1nc2cccnc2[nH]1. The Hall–Kier alpha value is -4.28. The van der Waals surface area contributed by atoms with Gasteiger partial charge in [0.2, 0.25) is 11.8 Å². The van der Waals surface area contributed by atoms with Crippen molar-refractivity contribution in [1.82, 2.24) is 29.7 Å². The number of nitrogens with one attached hydrogen (secondary N) is 1. The minimum Gasteiger partial charge on any atom is -0.493 e. The normalized spacial score (nSPS) is 11.9. The van der Waals surface area contributed by atoms with E-state index in [9.17, 15) is 22.7 Å². The minimum absolute atomic E-state index is 0.158. The number of imidazole rings is 1. The third-order valence-electron chi connectivity index (χ3n) is 5.31. The Balaban J connectivity index is 1.57. The molecule has 0 unspecified atom stereocenters. The lowest BCUT2D eigenvalue weighted by Crippen LogP contribution is -2.05. The van der Waals surface area contributed by atoms with Crippen LogP contribution in [0.1, 0.15) is 16.7 Å². The first-order valence-electron chi connectivity index (χ1n) is 10.2. The number of H-pyrrole nitrogens is 1. The van der Waals surface area contributed by atoms with E-state index in [1.165, 1.54) is 18.2 Å². The monoisotopic (exact) mass is 468 g/mol. The van der Waals surface area contributed by atoms with Gasteiger partial charge in [0.05, 0.1) is 11.3 Å². The van der Waals surface area contributed by atoms with Crippen molar-refractivity contribution in [2.45, 2.75) is 19.0 Å². The second-order valence-electron chi connectivity index (χ2n) is 7.55. The van der Waals surface area contributed by atoms with Gasteiger partial charge in [-0.2, -0.15) is 23.0 Å². The summed E-state index contributed by atoms with van der Waals surface area (Å²) in [5.74, 6) is -0.419. The molecule has 5 rings (SSSR count). The molecule has 2 N–H and O–H groups in total. The zero-order valence-corrected chi connectivity index (χ0v) is 17.4. The van der Waals surface area contributed by atoms with E-state index in [0.29, 0.717) is 23.1 Å². The average Bonchev–Trinajstić information content (AvgIpc) is 3.39. The fourth-order valence-electron chi connectivity index (χ4n) is 3.58. The molecule has 0 amide bonds. The van der Waals surface area contributed by atoms with Crippen molar-refractivity contribution < 1.29 is 22.7 Å². The predicted octanol–water partition coefficient (Wildman–Crippen LogP) is 4.85. The maximum Gasteiger partial charge on any atom is 0.417 e. The number of hydrogen-bond donors (Lipinski definition) is 2. The molecule has 0 saturated heterocycles. The fourth-order valence-corrected chi connectivity index (χ4v) is 3.58. The van der Waals surface area contributed by atoms with Gasteiger partial charge in [0.15, 0.2) is 5.65 Å². The number of aryl methyl sites for hydroxylation is 1. The van der Waals surface area contributed by atoms with Crippen molar-refractivity contribution >= 4 is 11.2 Å². The van der Waals surface area contributed by atoms with Crippen LogP contribution in [0.5, 0.6) is 5.88 Å². The molecule has 0 aliphatic rings. The van der Waals surface area contributed by atoms with E-state index in [0.717, 1.165) is 22.5 Å². The van der Waals surface area contributed by atoms with Crippen LogP contribution in [0.15, 0.2) is 60.9 Å². The van der Waals surface area contributed by atoms with E-state index >= 15 is 0 Å². The van der Waals surface area contributed by atoms with Crippen LogP contribution in [0.2, 0.25) is 0 Å². The topological polar surface area (TPSA) is 92.5 Å². The molecule has 172 valence electrons. The lowest BCUT2D eigenvalue weighted by Gasteiger charge is -2.07. The van der Waals surface area contributed by atoms with Gasteiger partial charge in [0, 0.05) is 18.0 Å². The van der Waals surface area contributed by atoms with Crippen LogP contribution in [-0.4, -0.2) is 34.8 Å². The summed E-state index contributed by atoms with van der Waals surface area (Å²) in [4.78, 5) is 15.4. The molecule has 34 heavy (non-hydrogen) atoms. The first-order chi connectivity index (χ1) is 16.3. The molecule has 5 aromatic rings. The second kappa shape index (κ2) is 8.25. The summed E-state index contributed by atoms with van der Waals surface area (Å²) in [7, 11) is 0. The molecular formula is C23H16F4N6O. The van der Waals surface area contributed by atoms with E-state index in [4.69, 9.17) is 0 Å². The van der Waals surface area contributed by atoms with Crippen LogP contribution in [0.4, 0.5) is 17.6 Å². The summed E-state index contributed by atoms with van der Waals surface area (Å²) < 4.78 is 53.4. The van der Waals surface area contributed by atoms with E-state index in [1.807, 2.05) is 0 Å². The molecule has 1 aromatic carbocycles. The van der Waals surface area contributed by atoms with E-state index in [1.54, 1.807) is 30.5 Å². The predicted molar refractivity (Wildman–Crippen MR) is 115 cm³/mol. The van der Waals surface area contributed by atoms with Crippen LogP contribution in [-0.2, 0) is 19.0 Å². The minimum atomic E-state index is -4.53. The number of hydrogen-bond acceptors (Lipinski definition) is 5. The fraction of sp³-hybridized carbons (Fsp3) is 0.130. The number of fused-ring (bicyclic) bond motifs is 1. The number of rotatable bonds is 5. The van der Waals surface area contributed by atoms with Crippen LogP contribution in [0, 0.1) is 5.82 Å². The number of alkyl halides is 3. The van der Waals surface area contributed by atoms with Gasteiger partial charge in [-0.3, -0.25) is 4.98 Å². The van der Waals surface area contributed by atoms with E-state index < -0.39 is 11.7 Å². The van der Waals surface area contributed by atoms with Crippen molar-refractivity contribution in [3.8, 4) is 23.2 Å². The molecule has 7 nitrogen and oxygen atoms in total. The second-order valence-corrected chi connectivity index (χ2v) is 7.55. The average molecular weight is 468 g/mol. The Labute approximate surface area is 189 Å². The number of aromatic hydroxyl groups is 1. The molecule has 0 aliphatic heterocycles. The zero-order valence-electron chi connectivity index (χ0n) is 17.4. The van der Waals surface area contributed by atoms with Crippen LogP contribution >= 0.6 is 0 Å². The van der Waals surface area contributed by atoms with E-state index in [2.05, 4.69) is 25.0 Å². The number of aromatic amines is 1. The van der Waals surface area contributed by atoms with Gasteiger partial charge in [-0.05, 0) is 54.8 Å². The van der Waals surface area contributed by atoms with Crippen molar-refractivity contribution in [1.29, 1.82) is 0 Å². The molecule has 0 bridgehead atoms. The summed E-state index contributed by atoms with van der Waals surface area (Å²) in [6, 6.07) is 11.5. The zero-order chi connectivity index (χ0) is 23.9. The van der Waals surface area contributed by atoms with Gasteiger partial charge in [-0.1, -0.05) is 12.1 Å². The summed E-state index contributed by atoms with van der Waals surface area (Å²) >= 11 is 0. The Morgan fingerprint density at radius 3 is 2.44 bits per heavy atom. The Kier molecular flexibility index (Phi) is 5.23. The Bertz CT molecular complexity index is 1420. The molecule has 11 heteroatoms. The summed E-state index contributed by atoms with van der Waals surface area (Å²) in [6.07, 6.45) is -1.53. The lowest BCUT2D eigenvalue weighted by atomic mass is 10.0. The van der Waals surface area contributed by atoms with Crippen LogP contribution in [0.3, 0.4) is 0 Å². The van der Waals surface area contributed by atoms with Gasteiger partial charge in [0.1, 0.15) is 17.0 Å². The number of benzene rings is 1. The molecule has 0 aliphatic carbocycles. The number of nitrogens with zero attached hydrogens (tertiary/aromatic N) is 5. The highest BCUT2D eigenvalue weighted by atomic mass is 19.4. The van der Waals surface area contributed by atoms with E-state index in [-0.39, 0.29) is 35.5 Å². The summed E-state index contributed by atoms with van der Waals surface area (Å²) in [5.41, 5.74) is 1.69.